The van der Waals surface area contributed by atoms with Crippen molar-refractivity contribution in [2.75, 3.05) is 7.05 Å². The third-order valence-corrected chi connectivity index (χ3v) is 4.81. The molecule has 0 aliphatic heterocycles. The fourth-order valence-electron chi connectivity index (χ4n) is 2.43. The molecule has 5 heteroatoms. The average Bonchev–Trinajstić information content (AvgIpc) is 2.68. The Hall–Kier alpha value is -2.37. The van der Waals surface area contributed by atoms with Crippen LogP contribution in [0.25, 0.3) is 6.08 Å². The largest absolute Gasteiger partial charge is 0.489 e. The molecule has 1 amide bonds. The summed E-state index contributed by atoms with van der Waals surface area (Å²) in [5.74, 6) is 0.665. The van der Waals surface area contributed by atoms with Gasteiger partial charge in [0.15, 0.2) is 0 Å². The molecule has 2 aromatic rings. The van der Waals surface area contributed by atoms with Crippen molar-refractivity contribution in [2.45, 2.75) is 20.5 Å². The molecule has 0 aromatic heterocycles. The number of thiocarbonyl (C=S) groups is 1. The molecule has 0 aliphatic carbocycles. The van der Waals surface area contributed by atoms with E-state index in [9.17, 15) is 4.79 Å². The van der Waals surface area contributed by atoms with Gasteiger partial charge in [-0.15, -0.1) is 0 Å². The quantitative estimate of drug-likeness (QED) is 0.373. The molecule has 0 aliphatic rings. The van der Waals surface area contributed by atoms with E-state index in [2.05, 4.69) is 12.2 Å². The van der Waals surface area contributed by atoms with E-state index < -0.39 is 0 Å². The van der Waals surface area contributed by atoms with Gasteiger partial charge in [-0.1, -0.05) is 66.5 Å². The van der Waals surface area contributed by atoms with Gasteiger partial charge in [0.1, 0.15) is 12.4 Å². The fraction of sp³-hybridized carbons (Fsp3) is 0.182. The Labute approximate surface area is 170 Å². The molecule has 2 aromatic carbocycles. The highest BCUT2D eigenvalue weighted by molar-refractivity contribution is 8.23. The molecule has 1 N–H and O–H groups in total. The number of nitrogens with one attached hydrogen (secondary N) is 1. The van der Waals surface area contributed by atoms with Crippen LogP contribution in [0.15, 0.2) is 65.1 Å². The highest BCUT2D eigenvalue weighted by Crippen LogP contribution is 2.23. The molecule has 140 valence electrons. The van der Waals surface area contributed by atoms with Gasteiger partial charge in [-0.3, -0.25) is 4.79 Å². The summed E-state index contributed by atoms with van der Waals surface area (Å²) < 4.78 is 7.40. The molecule has 0 heterocycles. The van der Waals surface area contributed by atoms with Crippen molar-refractivity contribution in [1.82, 2.24) is 5.32 Å². The minimum Gasteiger partial charge on any atom is -0.489 e. The molecule has 0 bridgehead atoms. The van der Waals surface area contributed by atoms with Gasteiger partial charge >= 0.3 is 0 Å². The smallest absolute Gasteiger partial charge is 0.257 e. The van der Waals surface area contributed by atoms with E-state index in [0.29, 0.717) is 11.5 Å². The van der Waals surface area contributed by atoms with Crippen molar-refractivity contribution in [3.8, 4) is 5.75 Å². The van der Waals surface area contributed by atoms with E-state index in [-0.39, 0.29) is 5.91 Å². The Morgan fingerprint density at radius 3 is 2.63 bits per heavy atom. The molecule has 0 fully saturated rings. The number of ether oxygens (including phenoxy) is 1. The first kappa shape index (κ1) is 20.9. The maximum absolute atomic E-state index is 11.9. The Morgan fingerprint density at radius 1 is 1.22 bits per heavy atom. The van der Waals surface area contributed by atoms with Crippen LogP contribution in [0, 0.1) is 6.92 Å². The van der Waals surface area contributed by atoms with Crippen LogP contribution in [0.3, 0.4) is 0 Å². The lowest BCUT2D eigenvalue weighted by Crippen LogP contribution is -2.18. The highest BCUT2D eigenvalue weighted by Gasteiger charge is 2.07. The summed E-state index contributed by atoms with van der Waals surface area (Å²) in [4.78, 5) is 12.5. The zero-order valence-corrected chi connectivity index (χ0v) is 17.3. The number of benzene rings is 2. The van der Waals surface area contributed by atoms with Crippen molar-refractivity contribution >= 4 is 40.7 Å². The van der Waals surface area contributed by atoms with Gasteiger partial charge in [0.05, 0.1) is 4.91 Å². The van der Waals surface area contributed by atoms with Crippen molar-refractivity contribution in [2.24, 2.45) is 0 Å². The molecule has 0 saturated carbocycles. The average molecular weight is 398 g/mol. The number of hydrogen-bond donors (Lipinski definition) is 1. The minimum absolute atomic E-state index is 0.148. The van der Waals surface area contributed by atoms with Crippen LogP contribution in [0.1, 0.15) is 23.6 Å². The molecule has 2 rings (SSSR count). The molecular formula is C22H23NO2S2. The monoisotopic (exact) mass is 397 g/mol. The Morgan fingerprint density at radius 2 is 1.96 bits per heavy atom. The third kappa shape index (κ3) is 6.70. The summed E-state index contributed by atoms with van der Waals surface area (Å²) in [6.45, 7) is 4.54. The summed E-state index contributed by atoms with van der Waals surface area (Å²) in [6.07, 6.45) is 3.88. The zero-order valence-electron chi connectivity index (χ0n) is 15.7. The topological polar surface area (TPSA) is 38.3 Å². The second-order valence-corrected chi connectivity index (χ2v) is 7.43. The van der Waals surface area contributed by atoms with Crippen molar-refractivity contribution in [1.29, 1.82) is 0 Å². The summed E-state index contributed by atoms with van der Waals surface area (Å²) in [6, 6.07) is 16.1. The van der Waals surface area contributed by atoms with Gasteiger partial charge in [0, 0.05) is 11.7 Å². The van der Waals surface area contributed by atoms with Gasteiger partial charge < -0.3 is 10.1 Å². The van der Waals surface area contributed by atoms with Gasteiger partial charge in [-0.2, -0.15) is 0 Å². The van der Waals surface area contributed by atoms with Gasteiger partial charge in [0.25, 0.3) is 5.91 Å². The maximum Gasteiger partial charge on any atom is 0.257 e. The first-order valence-electron chi connectivity index (χ1n) is 8.53. The third-order valence-electron chi connectivity index (χ3n) is 3.87. The number of carbonyl (C=O) groups is 1. The molecule has 27 heavy (non-hydrogen) atoms. The van der Waals surface area contributed by atoms with Crippen molar-refractivity contribution in [3.05, 3.63) is 81.8 Å². The number of rotatable bonds is 8. The van der Waals surface area contributed by atoms with Crippen LogP contribution in [0.2, 0.25) is 0 Å². The molecule has 0 radical (unpaired) electrons. The highest BCUT2D eigenvalue weighted by atomic mass is 32.2. The van der Waals surface area contributed by atoms with E-state index in [0.717, 1.165) is 28.0 Å². The summed E-state index contributed by atoms with van der Waals surface area (Å²) in [5.41, 5.74) is 4.28. The van der Waals surface area contributed by atoms with Crippen molar-refractivity contribution in [3.63, 3.8) is 0 Å². The molecular weight excluding hydrogens is 374 g/mol. The van der Waals surface area contributed by atoms with E-state index in [4.69, 9.17) is 17.0 Å². The first-order chi connectivity index (χ1) is 13.0. The van der Waals surface area contributed by atoms with E-state index in [1.54, 1.807) is 7.05 Å². The first-order valence-corrected chi connectivity index (χ1v) is 9.88. The normalized spacial score (nSPS) is 11.8. The van der Waals surface area contributed by atoms with Crippen LogP contribution in [0.4, 0.5) is 0 Å². The van der Waals surface area contributed by atoms with Crippen LogP contribution >= 0.6 is 24.0 Å². The second-order valence-electron chi connectivity index (χ2n) is 5.98. The minimum atomic E-state index is -0.148. The zero-order chi connectivity index (χ0) is 19.6. The van der Waals surface area contributed by atoms with Gasteiger partial charge in [0.2, 0.25) is 0 Å². The van der Waals surface area contributed by atoms with Gasteiger partial charge in [-0.25, -0.2) is 0 Å². The van der Waals surface area contributed by atoms with Crippen LogP contribution < -0.4 is 10.1 Å². The predicted molar refractivity (Wildman–Crippen MR) is 119 cm³/mol. The molecule has 0 saturated heterocycles. The fourth-order valence-corrected chi connectivity index (χ4v) is 3.30. The summed E-state index contributed by atoms with van der Waals surface area (Å²) in [5, 5.41) is 2.63. The van der Waals surface area contributed by atoms with E-state index >= 15 is 0 Å². The number of hydrogen-bond acceptors (Lipinski definition) is 4. The molecule has 0 spiro atoms. The summed E-state index contributed by atoms with van der Waals surface area (Å²) >= 11 is 6.10. The second kappa shape index (κ2) is 10.7. The molecule has 3 nitrogen and oxygen atoms in total. The number of aryl methyl sites for hydroxylation is 1. The Bertz CT molecular complexity index is 858. The molecule has 0 unspecified atom stereocenters. The summed E-state index contributed by atoms with van der Waals surface area (Å²) in [7, 11) is 1.61. The Balaban J connectivity index is 2.20. The van der Waals surface area contributed by atoms with Crippen LogP contribution in [0.5, 0.6) is 5.75 Å². The van der Waals surface area contributed by atoms with Gasteiger partial charge in [-0.05, 0) is 54.3 Å². The number of allylic oxidation sites excluding steroid dienone is 2. The predicted octanol–water partition coefficient (Wildman–Crippen LogP) is 5.30. The van der Waals surface area contributed by atoms with E-state index in [1.807, 2.05) is 67.6 Å². The Kier molecular flexibility index (Phi) is 8.30. The maximum atomic E-state index is 11.9. The number of carbonyl (C=O) groups excluding carboxylic acids is 1. The van der Waals surface area contributed by atoms with Crippen LogP contribution in [-0.4, -0.2) is 17.7 Å². The van der Waals surface area contributed by atoms with Crippen LogP contribution in [-0.2, 0) is 11.4 Å². The SMILES string of the molecule is CNC(=O)/C(=C\C(C)=C\c1cc(OCc2ccccc2)ccc1C)SC=S. The lowest BCUT2D eigenvalue weighted by Gasteiger charge is -2.09. The van der Waals surface area contributed by atoms with E-state index in [1.165, 1.54) is 16.5 Å². The number of thioether (sulfide) groups is 1. The molecule has 0 atom stereocenters. The number of likely N-dealkylation sites (N-methyl/N-ethyl adjacent to an activating group) is 1. The van der Waals surface area contributed by atoms with Crippen molar-refractivity contribution < 1.29 is 9.53 Å². The lowest BCUT2D eigenvalue weighted by atomic mass is 10.1. The lowest BCUT2D eigenvalue weighted by molar-refractivity contribution is -0.116. The standard InChI is InChI=1S/C22H23NO2S2/c1-16(12-21(27-15-26)22(24)23-3)11-19-13-20(10-9-17(19)2)25-14-18-7-5-4-6-8-18/h4-13,15H,14H2,1-3H3,(H,23,24)/b16-11+,21-12+. The number of amides is 1.